The number of ether oxygens (including phenoxy) is 1. The van der Waals surface area contributed by atoms with Crippen LogP contribution in [0.2, 0.25) is 0 Å². The second-order valence-corrected chi connectivity index (χ2v) is 12.0. The number of carbonyl (C=O) groups excluding carboxylic acids is 3. The molecule has 0 bridgehead atoms. The van der Waals surface area contributed by atoms with Gasteiger partial charge in [-0.3, -0.25) is 19.5 Å². The van der Waals surface area contributed by atoms with Crippen molar-refractivity contribution in [2.75, 3.05) is 49.2 Å². The standard InChI is InChI=1S/C31H35N5O4/c1-30(2)20-34(27(37)19-33-13-15-40-16-14-33)26-17-22(9-10-24(26)30)36-28(38)31(3,4)35(29(36)39)18-21-11-12-32-25-8-6-5-7-23(21)25/h5-12,17H,13-16,18-20H2,1-4H3. The first-order chi connectivity index (χ1) is 19.1. The zero-order valence-corrected chi connectivity index (χ0v) is 23.5. The van der Waals surface area contributed by atoms with Gasteiger partial charge in [0.1, 0.15) is 5.54 Å². The van der Waals surface area contributed by atoms with E-state index in [9.17, 15) is 14.4 Å². The summed E-state index contributed by atoms with van der Waals surface area (Å²) in [4.78, 5) is 52.4. The molecule has 1 aromatic heterocycles. The molecule has 40 heavy (non-hydrogen) atoms. The molecule has 2 fully saturated rings. The number of morpholine rings is 1. The fourth-order valence-electron chi connectivity index (χ4n) is 6.07. The second kappa shape index (κ2) is 9.67. The summed E-state index contributed by atoms with van der Waals surface area (Å²) in [6.07, 6.45) is 1.73. The van der Waals surface area contributed by atoms with E-state index in [0.717, 1.165) is 40.8 Å². The number of pyridine rings is 1. The van der Waals surface area contributed by atoms with Crippen molar-refractivity contribution in [2.24, 2.45) is 0 Å². The quantitative estimate of drug-likeness (QED) is 0.455. The average Bonchev–Trinajstić information content (AvgIpc) is 3.30. The Kier molecular flexibility index (Phi) is 6.39. The molecule has 0 N–H and O–H groups in total. The number of nitrogens with zero attached hydrogens (tertiary/aromatic N) is 5. The minimum absolute atomic E-state index is 0.0106. The van der Waals surface area contributed by atoms with Gasteiger partial charge in [-0.2, -0.15) is 0 Å². The number of aromatic nitrogens is 1. The molecule has 4 heterocycles. The molecule has 9 nitrogen and oxygen atoms in total. The van der Waals surface area contributed by atoms with Crippen molar-refractivity contribution >= 4 is 40.1 Å². The van der Waals surface area contributed by atoms with Gasteiger partial charge >= 0.3 is 6.03 Å². The molecule has 0 spiro atoms. The Labute approximate surface area is 234 Å². The van der Waals surface area contributed by atoms with Crippen molar-refractivity contribution in [3.63, 3.8) is 0 Å². The van der Waals surface area contributed by atoms with E-state index in [4.69, 9.17) is 4.74 Å². The number of hydrogen-bond donors (Lipinski definition) is 0. The largest absolute Gasteiger partial charge is 0.379 e. The normalized spacial score (nSPS) is 20.4. The van der Waals surface area contributed by atoms with Crippen LogP contribution in [0.25, 0.3) is 10.9 Å². The number of benzene rings is 2. The van der Waals surface area contributed by atoms with Crippen LogP contribution in [0.5, 0.6) is 0 Å². The van der Waals surface area contributed by atoms with Gasteiger partial charge in [0, 0.05) is 48.9 Å². The minimum atomic E-state index is -1.05. The molecule has 9 heteroatoms. The lowest BCUT2D eigenvalue weighted by Crippen LogP contribution is -2.45. The Morgan fingerprint density at radius 2 is 1.75 bits per heavy atom. The third-order valence-electron chi connectivity index (χ3n) is 8.47. The molecule has 3 aliphatic heterocycles. The van der Waals surface area contributed by atoms with Crippen molar-refractivity contribution in [1.82, 2.24) is 14.8 Å². The third-order valence-corrected chi connectivity index (χ3v) is 8.47. The Bertz CT molecular complexity index is 1510. The SMILES string of the molecule is CC1(C)CN(C(=O)CN2CCOCC2)c2cc(N3C(=O)N(Cc4ccnc5ccccc45)C(C)(C)C3=O)ccc21. The number of amides is 4. The highest BCUT2D eigenvalue weighted by Gasteiger charge is 2.52. The van der Waals surface area contributed by atoms with Crippen molar-refractivity contribution in [3.8, 4) is 0 Å². The summed E-state index contributed by atoms with van der Waals surface area (Å²) in [5, 5.41) is 0.952. The maximum atomic E-state index is 13.9. The lowest BCUT2D eigenvalue weighted by molar-refractivity contribution is -0.123. The predicted octanol–water partition coefficient (Wildman–Crippen LogP) is 3.94. The molecule has 4 amide bonds. The summed E-state index contributed by atoms with van der Waals surface area (Å²) in [7, 11) is 0. The molecule has 0 radical (unpaired) electrons. The number of fused-ring (bicyclic) bond motifs is 2. The van der Waals surface area contributed by atoms with Crippen LogP contribution in [0.4, 0.5) is 16.2 Å². The van der Waals surface area contributed by atoms with Crippen LogP contribution in [-0.4, -0.2) is 77.6 Å². The molecular weight excluding hydrogens is 506 g/mol. The molecule has 6 rings (SSSR count). The van der Waals surface area contributed by atoms with Gasteiger partial charge in [0.2, 0.25) is 5.91 Å². The highest BCUT2D eigenvalue weighted by molar-refractivity contribution is 6.23. The molecule has 0 aliphatic carbocycles. The fourth-order valence-corrected chi connectivity index (χ4v) is 6.07. The van der Waals surface area contributed by atoms with Crippen LogP contribution in [0, 0.1) is 0 Å². The maximum Gasteiger partial charge on any atom is 0.332 e. The number of para-hydroxylation sites is 1. The number of anilines is 2. The summed E-state index contributed by atoms with van der Waals surface area (Å²) in [6, 6.07) is 14.9. The van der Waals surface area contributed by atoms with Crippen LogP contribution in [0.1, 0.15) is 38.8 Å². The summed E-state index contributed by atoms with van der Waals surface area (Å²) in [6.45, 7) is 11.6. The first-order valence-corrected chi connectivity index (χ1v) is 13.8. The van der Waals surface area contributed by atoms with Crippen LogP contribution in [0.3, 0.4) is 0 Å². The summed E-state index contributed by atoms with van der Waals surface area (Å²) in [5.74, 6) is -0.282. The lowest BCUT2D eigenvalue weighted by Gasteiger charge is -2.28. The van der Waals surface area contributed by atoms with Gasteiger partial charge in [-0.25, -0.2) is 9.69 Å². The molecule has 3 aromatic rings. The summed E-state index contributed by atoms with van der Waals surface area (Å²) >= 11 is 0. The Hall–Kier alpha value is -3.82. The second-order valence-electron chi connectivity index (χ2n) is 12.0. The Balaban J connectivity index is 1.31. The van der Waals surface area contributed by atoms with E-state index < -0.39 is 5.54 Å². The molecule has 2 saturated heterocycles. The topological polar surface area (TPSA) is 86.3 Å². The number of rotatable bonds is 5. The van der Waals surface area contributed by atoms with E-state index in [1.807, 2.05) is 53.4 Å². The minimum Gasteiger partial charge on any atom is -0.379 e. The van der Waals surface area contributed by atoms with E-state index in [1.54, 1.807) is 24.9 Å². The predicted molar refractivity (Wildman–Crippen MR) is 153 cm³/mol. The molecule has 0 unspecified atom stereocenters. The third kappa shape index (κ3) is 4.33. The van der Waals surface area contributed by atoms with Crippen molar-refractivity contribution < 1.29 is 19.1 Å². The maximum absolute atomic E-state index is 13.9. The number of carbonyl (C=O) groups is 3. The molecule has 3 aliphatic rings. The summed E-state index contributed by atoms with van der Waals surface area (Å²) in [5.41, 5.74) is 2.74. The van der Waals surface area contributed by atoms with Crippen LogP contribution >= 0.6 is 0 Å². The monoisotopic (exact) mass is 541 g/mol. The number of hydrogen-bond acceptors (Lipinski definition) is 6. The molecule has 208 valence electrons. The number of imide groups is 1. The van der Waals surface area contributed by atoms with Gasteiger partial charge in [-0.15, -0.1) is 0 Å². The fraction of sp³-hybridized carbons (Fsp3) is 0.419. The first kappa shape index (κ1) is 26.4. The Morgan fingerprint density at radius 3 is 2.52 bits per heavy atom. The van der Waals surface area contributed by atoms with Crippen molar-refractivity contribution in [3.05, 3.63) is 65.9 Å². The van der Waals surface area contributed by atoms with E-state index >= 15 is 0 Å². The van der Waals surface area contributed by atoms with E-state index in [-0.39, 0.29) is 29.8 Å². The lowest BCUT2D eigenvalue weighted by atomic mass is 9.87. The molecule has 0 saturated carbocycles. The van der Waals surface area contributed by atoms with Gasteiger partial charge in [-0.05, 0) is 49.2 Å². The van der Waals surface area contributed by atoms with E-state index in [1.165, 1.54) is 4.90 Å². The van der Waals surface area contributed by atoms with E-state index in [2.05, 4.69) is 23.7 Å². The molecule has 2 aromatic carbocycles. The van der Waals surface area contributed by atoms with E-state index in [0.29, 0.717) is 32.0 Å². The van der Waals surface area contributed by atoms with Crippen LogP contribution < -0.4 is 9.80 Å². The highest BCUT2D eigenvalue weighted by atomic mass is 16.5. The zero-order valence-electron chi connectivity index (χ0n) is 23.5. The van der Waals surface area contributed by atoms with Gasteiger partial charge in [0.25, 0.3) is 5.91 Å². The highest BCUT2D eigenvalue weighted by Crippen LogP contribution is 2.44. The van der Waals surface area contributed by atoms with Gasteiger partial charge < -0.3 is 14.5 Å². The van der Waals surface area contributed by atoms with Crippen molar-refractivity contribution in [1.29, 1.82) is 0 Å². The van der Waals surface area contributed by atoms with Gasteiger partial charge in [0.05, 0.1) is 31.0 Å². The Morgan fingerprint density at radius 1 is 1.00 bits per heavy atom. The molecular formula is C31H35N5O4. The van der Waals surface area contributed by atoms with Crippen LogP contribution in [0.15, 0.2) is 54.7 Å². The molecule has 0 atom stereocenters. The number of urea groups is 1. The zero-order chi connectivity index (χ0) is 28.2. The smallest absolute Gasteiger partial charge is 0.332 e. The van der Waals surface area contributed by atoms with Crippen molar-refractivity contribution in [2.45, 2.75) is 45.2 Å². The first-order valence-electron chi connectivity index (χ1n) is 13.8. The van der Waals surface area contributed by atoms with Crippen LogP contribution in [-0.2, 0) is 26.3 Å². The average molecular weight is 542 g/mol. The van der Waals surface area contributed by atoms with Gasteiger partial charge in [0.15, 0.2) is 0 Å². The van der Waals surface area contributed by atoms with Gasteiger partial charge in [-0.1, -0.05) is 38.1 Å². The summed E-state index contributed by atoms with van der Waals surface area (Å²) < 4.78 is 5.43.